The smallest absolute Gasteiger partial charge is 0.274 e. The lowest BCUT2D eigenvalue weighted by Crippen LogP contribution is -2.42. The lowest BCUT2D eigenvalue weighted by Gasteiger charge is -2.31. The maximum Gasteiger partial charge on any atom is 0.274 e. The largest absolute Gasteiger partial charge is 0.454 e. The quantitative estimate of drug-likeness (QED) is 0.606. The standard InChI is InChI=1S/C26H28N4O5/c1-16(2)14-30-25(32)20-6-4-3-5-19(20)23(28-30)26(33)29-11-9-17(10-12-29)24(31)27-18-7-8-21-22(13-18)35-15-34-21/h3-8,13,16-17H,9-12,14-15H2,1-2H3,(H,27,31). The Morgan fingerprint density at radius 3 is 2.51 bits per heavy atom. The van der Waals surface area contributed by atoms with Gasteiger partial charge in [0, 0.05) is 42.7 Å². The van der Waals surface area contributed by atoms with Crippen LogP contribution >= 0.6 is 0 Å². The normalized spacial score (nSPS) is 15.6. The molecule has 182 valence electrons. The second-order valence-electron chi connectivity index (χ2n) is 9.40. The molecule has 0 atom stereocenters. The van der Waals surface area contributed by atoms with Crippen LogP contribution in [0.2, 0.25) is 0 Å². The zero-order valence-electron chi connectivity index (χ0n) is 19.8. The molecule has 0 spiro atoms. The van der Waals surface area contributed by atoms with Gasteiger partial charge in [-0.3, -0.25) is 14.4 Å². The average molecular weight is 477 g/mol. The number of ether oxygens (including phenoxy) is 2. The molecular weight excluding hydrogens is 448 g/mol. The van der Waals surface area contributed by atoms with Crippen LogP contribution in [0.4, 0.5) is 5.69 Å². The third-order valence-corrected chi connectivity index (χ3v) is 6.40. The maximum atomic E-state index is 13.5. The zero-order chi connectivity index (χ0) is 24.5. The molecule has 1 saturated heterocycles. The number of hydrogen-bond donors (Lipinski definition) is 1. The third kappa shape index (κ3) is 4.58. The predicted molar refractivity (Wildman–Crippen MR) is 131 cm³/mol. The highest BCUT2D eigenvalue weighted by Gasteiger charge is 2.30. The Labute approximate surface area is 202 Å². The molecule has 9 heteroatoms. The summed E-state index contributed by atoms with van der Waals surface area (Å²) in [5.41, 5.74) is 0.745. The summed E-state index contributed by atoms with van der Waals surface area (Å²) in [6, 6.07) is 12.4. The third-order valence-electron chi connectivity index (χ3n) is 6.40. The Hall–Kier alpha value is -3.88. The van der Waals surface area contributed by atoms with E-state index in [2.05, 4.69) is 10.4 Å². The van der Waals surface area contributed by atoms with Crippen LogP contribution in [0.3, 0.4) is 0 Å². The minimum absolute atomic E-state index is 0.0787. The molecule has 2 aliphatic rings. The molecule has 0 aliphatic carbocycles. The van der Waals surface area contributed by atoms with E-state index < -0.39 is 0 Å². The van der Waals surface area contributed by atoms with Gasteiger partial charge < -0.3 is 19.7 Å². The summed E-state index contributed by atoms with van der Waals surface area (Å²) in [5.74, 6) is 0.989. The Morgan fingerprint density at radius 1 is 1.06 bits per heavy atom. The molecule has 0 saturated carbocycles. The Bertz CT molecular complexity index is 1340. The SMILES string of the molecule is CC(C)Cn1nc(C(=O)N2CCC(C(=O)Nc3ccc4c(c3)OCO4)CC2)c2ccccc2c1=O. The number of carbonyl (C=O) groups excluding carboxylic acids is 2. The molecule has 3 aromatic rings. The first-order chi connectivity index (χ1) is 16.9. The molecular formula is C26H28N4O5. The van der Waals surface area contributed by atoms with Crippen LogP contribution in [0.5, 0.6) is 11.5 Å². The molecule has 0 bridgehead atoms. The van der Waals surface area contributed by atoms with Crippen molar-refractivity contribution in [1.29, 1.82) is 0 Å². The van der Waals surface area contributed by atoms with Crippen LogP contribution in [0.25, 0.3) is 10.8 Å². The van der Waals surface area contributed by atoms with Gasteiger partial charge in [0.1, 0.15) is 0 Å². The van der Waals surface area contributed by atoms with Crippen molar-refractivity contribution in [2.24, 2.45) is 11.8 Å². The number of benzene rings is 2. The Balaban J connectivity index is 1.29. The zero-order valence-corrected chi connectivity index (χ0v) is 19.8. The molecule has 1 aromatic heterocycles. The van der Waals surface area contributed by atoms with E-state index in [4.69, 9.17) is 9.47 Å². The van der Waals surface area contributed by atoms with Crippen LogP contribution in [0.1, 0.15) is 37.2 Å². The van der Waals surface area contributed by atoms with Gasteiger partial charge in [0.15, 0.2) is 17.2 Å². The molecule has 35 heavy (non-hydrogen) atoms. The number of rotatable bonds is 5. The van der Waals surface area contributed by atoms with Gasteiger partial charge in [0.2, 0.25) is 12.7 Å². The minimum Gasteiger partial charge on any atom is -0.454 e. The van der Waals surface area contributed by atoms with E-state index >= 15 is 0 Å². The number of likely N-dealkylation sites (tertiary alicyclic amines) is 1. The summed E-state index contributed by atoms with van der Waals surface area (Å²) in [6.45, 7) is 5.51. The Morgan fingerprint density at radius 2 is 1.77 bits per heavy atom. The van der Waals surface area contributed by atoms with E-state index in [0.29, 0.717) is 60.4 Å². The van der Waals surface area contributed by atoms with E-state index in [1.165, 1.54) is 4.68 Å². The predicted octanol–water partition coefficient (Wildman–Crippen LogP) is 3.27. The van der Waals surface area contributed by atoms with Crippen molar-refractivity contribution in [3.05, 3.63) is 58.5 Å². The van der Waals surface area contributed by atoms with Crippen molar-refractivity contribution in [1.82, 2.24) is 14.7 Å². The first kappa shape index (κ1) is 22.9. The molecule has 9 nitrogen and oxygen atoms in total. The topological polar surface area (TPSA) is 103 Å². The number of anilines is 1. The minimum atomic E-state index is -0.215. The van der Waals surface area contributed by atoms with E-state index in [9.17, 15) is 14.4 Å². The summed E-state index contributed by atoms with van der Waals surface area (Å²) >= 11 is 0. The van der Waals surface area contributed by atoms with Gasteiger partial charge in [-0.1, -0.05) is 32.0 Å². The van der Waals surface area contributed by atoms with Crippen LogP contribution in [0.15, 0.2) is 47.3 Å². The number of hydrogen-bond acceptors (Lipinski definition) is 6. The fourth-order valence-corrected chi connectivity index (χ4v) is 4.58. The first-order valence-electron chi connectivity index (χ1n) is 11.9. The van der Waals surface area contributed by atoms with Gasteiger partial charge in [0.25, 0.3) is 11.5 Å². The highest BCUT2D eigenvalue weighted by atomic mass is 16.7. The lowest BCUT2D eigenvalue weighted by molar-refractivity contribution is -0.121. The van der Waals surface area contributed by atoms with E-state index in [-0.39, 0.29) is 41.7 Å². The lowest BCUT2D eigenvalue weighted by atomic mass is 9.95. The van der Waals surface area contributed by atoms with Gasteiger partial charge in [-0.15, -0.1) is 0 Å². The molecule has 5 rings (SSSR count). The second-order valence-corrected chi connectivity index (χ2v) is 9.40. The Kier molecular flexibility index (Phi) is 6.15. The molecule has 0 radical (unpaired) electrons. The fraction of sp³-hybridized carbons (Fsp3) is 0.385. The van der Waals surface area contributed by atoms with Gasteiger partial charge in [-0.25, -0.2) is 4.68 Å². The molecule has 3 heterocycles. The first-order valence-corrected chi connectivity index (χ1v) is 11.9. The molecule has 0 unspecified atom stereocenters. The van der Waals surface area contributed by atoms with Crippen molar-refractivity contribution in [3.63, 3.8) is 0 Å². The van der Waals surface area contributed by atoms with Crippen molar-refractivity contribution in [3.8, 4) is 11.5 Å². The highest BCUT2D eigenvalue weighted by Crippen LogP contribution is 2.34. The molecule has 1 N–H and O–H groups in total. The van der Waals surface area contributed by atoms with Crippen LogP contribution in [-0.2, 0) is 11.3 Å². The second kappa shape index (κ2) is 9.40. The van der Waals surface area contributed by atoms with E-state index in [1.807, 2.05) is 13.8 Å². The number of aromatic nitrogens is 2. The van der Waals surface area contributed by atoms with Gasteiger partial charge in [-0.2, -0.15) is 5.10 Å². The van der Waals surface area contributed by atoms with Crippen LogP contribution in [0, 0.1) is 11.8 Å². The number of amides is 2. The number of nitrogens with zero attached hydrogens (tertiary/aromatic N) is 3. The van der Waals surface area contributed by atoms with Gasteiger partial charge in [0.05, 0.1) is 5.39 Å². The van der Waals surface area contributed by atoms with Crippen molar-refractivity contribution in [2.75, 3.05) is 25.2 Å². The molecule has 2 aromatic carbocycles. The fourth-order valence-electron chi connectivity index (χ4n) is 4.58. The van der Waals surface area contributed by atoms with Crippen LogP contribution < -0.4 is 20.3 Å². The number of piperidine rings is 1. The summed E-state index contributed by atoms with van der Waals surface area (Å²) in [7, 11) is 0. The van der Waals surface area contributed by atoms with Crippen LogP contribution in [-0.4, -0.2) is 46.4 Å². The summed E-state index contributed by atoms with van der Waals surface area (Å²) < 4.78 is 12.1. The van der Waals surface area contributed by atoms with Gasteiger partial charge in [-0.05, 0) is 37.0 Å². The highest BCUT2D eigenvalue weighted by molar-refractivity contribution is 6.05. The van der Waals surface area contributed by atoms with Gasteiger partial charge >= 0.3 is 0 Å². The summed E-state index contributed by atoms with van der Waals surface area (Å²) in [5, 5.41) is 8.46. The summed E-state index contributed by atoms with van der Waals surface area (Å²) in [6.07, 6.45) is 1.09. The van der Waals surface area contributed by atoms with E-state index in [1.54, 1.807) is 47.4 Å². The number of nitrogens with one attached hydrogen (secondary N) is 1. The molecule has 2 aliphatic heterocycles. The van der Waals surface area contributed by atoms with Crippen molar-refractivity contribution < 1.29 is 19.1 Å². The monoisotopic (exact) mass is 476 g/mol. The average Bonchev–Trinajstić information content (AvgIpc) is 3.33. The molecule has 1 fully saturated rings. The van der Waals surface area contributed by atoms with E-state index in [0.717, 1.165) is 0 Å². The number of fused-ring (bicyclic) bond motifs is 2. The number of carbonyl (C=O) groups is 2. The molecule has 2 amide bonds. The summed E-state index contributed by atoms with van der Waals surface area (Å²) in [4.78, 5) is 40.9. The van der Waals surface area contributed by atoms with Crippen molar-refractivity contribution >= 4 is 28.3 Å². The van der Waals surface area contributed by atoms with Crippen molar-refractivity contribution in [2.45, 2.75) is 33.2 Å². The maximum absolute atomic E-state index is 13.5.